The molecule has 0 amide bonds. The number of halogens is 1. The Kier molecular flexibility index (Phi) is 6.01. The molecule has 3 aliphatic rings. The zero-order valence-corrected chi connectivity index (χ0v) is 20.7. The van der Waals surface area contributed by atoms with E-state index in [0.29, 0.717) is 40.0 Å². The quantitative estimate of drug-likeness (QED) is 0.410. The SMILES string of the molecule is COc1cc2c(Oc3ccc4c(c3F)C=C(C)C4)ncnc2cc1OCCCN1CCC2(COC2)C1. The first kappa shape index (κ1) is 23.2. The Morgan fingerprint density at radius 1 is 1.14 bits per heavy atom. The molecule has 1 aromatic heterocycles. The van der Waals surface area contributed by atoms with Crippen LogP contribution in [0.5, 0.6) is 23.1 Å². The molecule has 0 radical (unpaired) electrons. The van der Waals surface area contributed by atoms with E-state index in [1.54, 1.807) is 19.2 Å². The van der Waals surface area contributed by atoms with Crippen molar-refractivity contribution in [3.8, 4) is 23.1 Å². The summed E-state index contributed by atoms with van der Waals surface area (Å²) in [6, 6.07) is 7.17. The molecule has 1 aliphatic carbocycles. The fourth-order valence-corrected chi connectivity index (χ4v) is 5.41. The predicted octanol–water partition coefficient (Wildman–Crippen LogP) is 5.02. The van der Waals surface area contributed by atoms with Crippen LogP contribution < -0.4 is 14.2 Å². The lowest BCUT2D eigenvalue weighted by molar-refractivity contribution is -0.105. The number of likely N-dealkylation sites (tertiary alicyclic amines) is 1. The molecule has 2 fully saturated rings. The lowest BCUT2D eigenvalue weighted by Gasteiger charge is -2.37. The molecular weight excluding hydrogens is 461 g/mol. The molecule has 0 saturated carbocycles. The first-order valence-corrected chi connectivity index (χ1v) is 12.5. The first-order chi connectivity index (χ1) is 17.5. The number of aromatic nitrogens is 2. The fourth-order valence-electron chi connectivity index (χ4n) is 5.41. The molecule has 7 nitrogen and oxygen atoms in total. The van der Waals surface area contributed by atoms with Crippen molar-refractivity contribution in [2.24, 2.45) is 5.41 Å². The number of fused-ring (bicyclic) bond motifs is 2. The van der Waals surface area contributed by atoms with Gasteiger partial charge in [-0.2, -0.15) is 0 Å². The minimum Gasteiger partial charge on any atom is -0.493 e. The molecule has 3 aromatic rings. The fraction of sp³-hybridized carbons (Fsp3) is 0.429. The zero-order chi connectivity index (χ0) is 24.7. The van der Waals surface area contributed by atoms with Crippen molar-refractivity contribution in [1.29, 1.82) is 0 Å². The summed E-state index contributed by atoms with van der Waals surface area (Å²) >= 11 is 0. The molecule has 6 rings (SSSR count). The second kappa shape index (κ2) is 9.33. The van der Waals surface area contributed by atoms with E-state index in [-0.39, 0.29) is 17.4 Å². The maximum atomic E-state index is 15.1. The summed E-state index contributed by atoms with van der Waals surface area (Å²) in [5.41, 5.74) is 3.72. The lowest BCUT2D eigenvalue weighted by Crippen LogP contribution is -2.44. The third-order valence-electron chi connectivity index (χ3n) is 7.40. The first-order valence-electron chi connectivity index (χ1n) is 12.5. The van der Waals surface area contributed by atoms with Crippen LogP contribution >= 0.6 is 0 Å². The molecule has 0 unspecified atom stereocenters. The third-order valence-corrected chi connectivity index (χ3v) is 7.40. The molecule has 1 spiro atoms. The Labute approximate surface area is 209 Å². The Morgan fingerprint density at radius 3 is 2.81 bits per heavy atom. The number of methoxy groups -OCH3 is 1. The van der Waals surface area contributed by atoms with Crippen molar-refractivity contribution in [2.45, 2.75) is 26.2 Å². The zero-order valence-electron chi connectivity index (χ0n) is 20.7. The number of allylic oxidation sites excluding steroid dienone is 1. The van der Waals surface area contributed by atoms with Crippen molar-refractivity contribution < 1.29 is 23.3 Å². The van der Waals surface area contributed by atoms with Crippen LogP contribution in [-0.4, -0.2) is 61.4 Å². The van der Waals surface area contributed by atoms with Crippen molar-refractivity contribution in [1.82, 2.24) is 14.9 Å². The summed E-state index contributed by atoms with van der Waals surface area (Å²) in [4.78, 5) is 11.2. The minimum absolute atomic E-state index is 0.135. The van der Waals surface area contributed by atoms with E-state index in [1.165, 1.54) is 12.7 Å². The number of rotatable bonds is 8. The maximum absolute atomic E-state index is 15.1. The summed E-state index contributed by atoms with van der Waals surface area (Å²) in [6.07, 6.45) is 6.18. The number of hydrogen-bond donors (Lipinski definition) is 0. The van der Waals surface area contributed by atoms with Gasteiger partial charge in [-0.3, -0.25) is 0 Å². The van der Waals surface area contributed by atoms with Crippen LogP contribution in [0.4, 0.5) is 4.39 Å². The summed E-state index contributed by atoms with van der Waals surface area (Å²) in [5, 5.41) is 0.624. The Balaban J connectivity index is 1.16. The van der Waals surface area contributed by atoms with Crippen LogP contribution in [0, 0.1) is 11.2 Å². The van der Waals surface area contributed by atoms with Gasteiger partial charge in [0, 0.05) is 30.1 Å². The molecule has 0 atom stereocenters. The number of ether oxygens (including phenoxy) is 4. The van der Waals surface area contributed by atoms with Crippen LogP contribution in [0.3, 0.4) is 0 Å². The summed E-state index contributed by atoms with van der Waals surface area (Å²) in [5.74, 6) is 1.20. The van der Waals surface area contributed by atoms with Gasteiger partial charge in [0.15, 0.2) is 23.1 Å². The standard InChI is InChI=1S/C28H30FN3O4/c1-18-10-19-4-5-23(26(29)20(19)11-18)36-27-21-12-24(33-2)25(13-22(21)30-17-31-27)35-9-3-7-32-8-6-28(14-32)15-34-16-28/h4-5,11-13,17H,3,6-10,14-16H2,1-2H3. The van der Waals surface area contributed by atoms with E-state index in [1.807, 2.05) is 25.1 Å². The molecule has 188 valence electrons. The largest absolute Gasteiger partial charge is 0.493 e. The minimum atomic E-state index is -0.378. The molecule has 0 N–H and O–H groups in total. The van der Waals surface area contributed by atoms with E-state index >= 15 is 4.39 Å². The lowest BCUT2D eigenvalue weighted by atomic mass is 9.85. The number of benzene rings is 2. The average Bonchev–Trinajstić information content (AvgIpc) is 3.47. The Morgan fingerprint density at radius 2 is 2.03 bits per heavy atom. The topological polar surface area (TPSA) is 65.9 Å². The van der Waals surface area contributed by atoms with Crippen molar-refractivity contribution >= 4 is 17.0 Å². The van der Waals surface area contributed by atoms with Gasteiger partial charge in [-0.1, -0.05) is 17.7 Å². The second-order valence-electron chi connectivity index (χ2n) is 10.1. The van der Waals surface area contributed by atoms with Gasteiger partial charge in [-0.15, -0.1) is 0 Å². The highest BCUT2D eigenvalue weighted by atomic mass is 19.1. The molecule has 2 saturated heterocycles. The van der Waals surface area contributed by atoms with Gasteiger partial charge < -0.3 is 23.8 Å². The molecule has 0 bridgehead atoms. The maximum Gasteiger partial charge on any atom is 0.230 e. The summed E-state index contributed by atoms with van der Waals surface area (Å²) < 4.78 is 38.2. The smallest absolute Gasteiger partial charge is 0.230 e. The molecule has 2 aromatic carbocycles. The average molecular weight is 492 g/mol. The van der Waals surface area contributed by atoms with Gasteiger partial charge in [-0.25, -0.2) is 14.4 Å². The van der Waals surface area contributed by atoms with Crippen LogP contribution in [0.15, 0.2) is 36.2 Å². The highest BCUT2D eigenvalue weighted by Crippen LogP contribution is 2.39. The van der Waals surface area contributed by atoms with Crippen LogP contribution in [0.1, 0.15) is 30.9 Å². The van der Waals surface area contributed by atoms with E-state index < -0.39 is 0 Å². The molecule has 2 aliphatic heterocycles. The van der Waals surface area contributed by atoms with Crippen LogP contribution in [0.2, 0.25) is 0 Å². The van der Waals surface area contributed by atoms with Gasteiger partial charge in [0.2, 0.25) is 5.88 Å². The van der Waals surface area contributed by atoms with Crippen molar-refractivity contribution in [2.75, 3.05) is 46.6 Å². The second-order valence-corrected chi connectivity index (χ2v) is 10.1. The molecule has 3 heterocycles. The third kappa shape index (κ3) is 4.29. The highest BCUT2D eigenvalue weighted by Gasteiger charge is 2.43. The summed E-state index contributed by atoms with van der Waals surface area (Å²) in [7, 11) is 1.59. The van der Waals surface area contributed by atoms with E-state index in [2.05, 4.69) is 14.9 Å². The van der Waals surface area contributed by atoms with Gasteiger partial charge in [0.25, 0.3) is 0 Å². The Hall–Kier alpha value is -3.23. The van der Waals surface area contributed by atoms with Crippen molar-refractivity contribution in [3.05, 3.63) is 53.1 Å². The van der Waals surface area contributed by atoms with Gasteiger partial charge in [0.1, 0.15) is 6.33 Å². The molecular formula is C28H30FN3O4. The highest BCUT2D eigenvalue weighted by molar-refractivity contribution is 5.87. The van der Waals surface area contributed by atoms with E-state index in [0.717, 1.165) is 56.8 Å². The van der Waals surface area contributed by atoms with Gasteiger partial charge >= 0.3 is 0 Å². The van der Waals surface area contributed by atoms with Crippen molar-refractivity contribution in [3.63, 3.8) is 0 Å². The normalized spacial score (nSPS) is 18.2. The monoisotopic (exact) mass is 491 g/mol. The number of hydrogen-bond acceptors (Lipinski definition) is 7. The summed E-state index contributed by atoms with van der Waals surface area (Å²) in [6.45, 7) is 7.61. The van der Waals surface area contributed by atoms with Crippen LogP contribution in [0.25, 0.3) is 17.0 Å². The Bertz CT molecular complexity index is 1340. The van der Waals surface area contributed by atoms with E-state index in [9.17, 15) is 0 Å². The molecule has 8 heteroatoms. The predicted molar refractivity (Wildman–Crippen MR) is 134 cm³/mol. The number of nitrogens with zero attached hydrogens (tertiary/aromatic N) is 3. The molecule has 36 heavy (non-hydrogen) atoms. The van der Waals surface area contributed by atoms with Crippen LogP contribution in [-0.2, 0) is 11.2 Å². The van der Waals surface area contributed by atoms with E-state index in [4.69, 9.17) is 18.9 Å². The van der Waals surface area contributed by atoms with Gasteiger partial charge in [-0.05, 0) is 50.4 Å². The van der Waals surface area contributed by atoms with Gasteiger partial charge in [0.05, 0.1) is 37.8 Å².